The molecule has 0 amide bonds. The second kappa shape index (κ2) is 4.06. The number of anilines is 1. The van der Waals surface area contributed by atoms with Gasteiger partial charge in [0.2, 0.25) is 5.95 Å². The summed E-state index contributed by atoms with van der Waals surface area (Å²) in [6.45, 7) is 0. The van der Waals surface area contributed by atoms with Crippen LogP contribution in [-0.2, 0) is 0 Å². The van der Waals surface area contributed by atoms with Crippen molar-refractivity contribution in [2.24, 2.45) is 0 Å². The number of hydrogen-bond donors (Lipinski definition) is 1. The van der Waals surface area contributed by atoms with Crippen LogP contribution in [0.15, 0.2) is 28.2 Å². The van der Waals surface area contributed by atoms with Crippen molar-refractivity contribution in [2.45, 2.75) is 0 Å². The Labute approximate surface area is 94.4 Å². The Morgan fingerprint density at radius 2 is 2.36 bits per heavy atom. The third-order valence-corrected chi connectivity index (χ3v) is 3.41. The van der Waals surface area contributed by atoms with E-state index in [4.69, 9.17) is 0 Å². The van der Waals surface area contributed by atoms with Gasteiger partial charge < -0.3 is 5.32 Å². The summed E-state index contributed by atoms with van der Waals surface area (Å²) in [7, 11) is 1.81. The minimum atomic E-state index is 0.645. The van der Waals surface area contributed by atoms with Gasteiger partial charge in [-0.15, -0.1) is 11.3 Å². The monoisotopic (exact) mass is 269 g/mol. The first-order valence-corrected chi connectivity index (χ1v) is 5.72. The first kappa shape index (κ1) is 9.61. The van der Waals surface area contributed by atoms with Crippen LogP contribution in [-0.4, -0.2) is 17.0 Å². The largest absolute Gasteiger partial charge is 0.357 e. The molecule has 0 bridgehead atoms. The van der Waals surface area contributed by atoms with E-state index in [1.165, 1.54) is 0 Å². The third kappa shape index (κ3) is 1.93. The smallest absolute Gasteiger partial charge is 0.222 e. The molecule has 2 heterocycles. The lowest BCUT2D eigenvalue weighted by molar-refractivity contribution is 1.16. The molecule has 3 nitrogen and oxygen atoms in total. The van der Waals surface area contributed by atoms with Gasteiger partial charge in [0, 0.05) is 23.1 Å². The summed E-state index contributed by atoms with van der Waals surface area (Å²) in [6.07, 6.45) is 1.75. The molecular formula is C9H8BrN3S. The molecule has 0 fully saturated rings. The van der Waals surface area contributed by atoms with Crippen LogP contribution >= 0.6 is 27.3 Å². The maximum Gasteiger partial charge on any atom is 0.222 e. The molecule has 2 aromatic rings. The predicted molar refractivity (Wildman–Crippen MR) is 62.6 cm³/mol. The number of thiophene rings is 1. The Balaban J connectivity index is 2.41. The fourth-order valence-electron chi connectivity index (χ4n) is 1.06. The second-order valence-corrected chi connectivity index (χ2v) is 4.47. The van der Waals surface area contributed by atoms with Crippen molar-refractivity contribution in [1.29, 1.82) is 0 Å². The van der Waals surface area contributed by atoms with Gasteiger partial charge in [0.05, 0.1) is 10.6 Å². The van der Waals surface area contributed by atoms with Crippen molar-refractivity contribution >= 4 is 33.2 Å². The van der Waals surface area contributed by atoms with E-state index in [-0.39, 0.29) is 0 Å². The summed E-state index contributed by atoms with van der Waals surface area (Å²) in [5.41, 5.74) is 0.944. The number of hydrogen-bond acceptors (Lipinski definition) is 4. The van der Waals surface area contributed by atoms with Crippen molar-refractivity contribution < 1.29 is 0 Å². The van der Waals surface area contributed by atoms with Gasteiger partial charge in [-0.25, -0.2) is 9.97 Å². The second-order valence-electron chi connectivity index (χ2n) is 2.64. The molecule has 0 aliphatic rings. The maximum absolute atomic E-state index is 4.34. The molecule has 0 aromatic carbocycles. The van der Waals surface area contributed by atoms with Gasteiger partial charge in [0.1, 0.15) is 0 Å². The summed E-state index contributed by atoms with van der Waals surface area (Å²) in [5, 5.41) is 4.95. The Kier molecular flexibility index (Phi) is 2.79. The molecule has 5 heteroatoms. The van der Waals surface area contributed by atoms with E-state index in [2.05, 4.69) is 31.2 Å². The molecule has 1 N–H and O–H groups in total. The molecule has 2 rings (SSSR count). The highest BCUT2D eigenvalue weighted by Gasteiger charge is 2.03. The SMILES string of the molecule is CNc1nccc(-c2cc(Br)cs2)n1. The van der Waals surface area contributed by atoms with E-state index >= 15 is 0 Å². The van der Waals surface area contributed by atoms with E-state index in [0.717, 1.165) is 15.0 Å². The van der Waals surface area contributed by atoms with Gasteiger partial charge in [0.25, 0.3) is 0 Å². The molecule has 2 aromatic heterocycles. The summed E-state index contributed by atoms with van der Waals surface area (Å²) in [6, 6.07) is 3.95. The van der Waals surface area contributed by atoms with Crippen molar-refractivity contribution in [1.82, 2.24) is 9.97 Å². The molecule has 0 aliphatic heterocycles. The van der Waals surface area contributed by atoms with Crippen molar-refractivity contribution in [3.05, 3.63) is 28.2 Å². The third-order valence-electron chi connectivity index (χ3n) is 1.70. The molecular weight excluding hydrogens is 262 g/mol. The number of aromatic nitrogens is 2. The highest BCUT2D eigenvalue weighted by molar-refractivity contribution is 9.10. The van der Waals surface area contributed by atoms with Crippen LogP contribution in [0.1, 0.15) is 0 Å². The van der Waals surface area contributed by atoms with E-state index in [1.54, 1.807) is 17.5 Å². The van der Waals surface area contributed by atoms with E-state index < -0.39 is 0 Å². The Morgan fingerprint density at radius 3 is 3.00 bits per heavy atom. The maximum atomic E-state index is 4.34. The van der Waals surface area contributed by atoms with E-state index in [0.29, 0.717) is 5.95 Å². The van der Waals surface area contributed by atoms with E-state index in [9.17, 15) is 0 Å². The molecule has 0 saturated carbocycles. The molecule has 14 heavy (non-hydrogen) atoms. The summed E-state index contributed by atoms with van der Waals surface area (Å²) in [5.74, 6) is 0.645. The highest BCUT2D eigenvalue weighted by atomic mass is 79.9. The zero-order valence-electron chi connectivity index (χ0n) is 7.49. The van der Waals surface area contributed by atoms with Crippen molar-refractivity contribution in [3.63, 3.8) is 0 Å². The normalized spacial score (nSPS) is 10.1. The average molecular weight is 270 g/mol. The van der Waals surface area contributed by atoms with Crippen molar-refractivity contribution in [2.75, 3.05) is 12.4 Å². The fourth-order valence-corrected chi connectivity index (χ4v) is 2.46. The average Bonchev–Trinajstić information content (AvgIpc) is 2.65. The Morgan fingerprint density at radius 1 is 1.50 bits per heavy atom. The van der Waals surface area contributed by atoms with Crippen LogP contribution in [0.5, 0.6) is 0 Å². The lowest BCUT2D eigenvalue weighted by Gasteiger charge is -1.99. The fraction of sp³-hybridized carbons (Fsp3) is 0.111. The van der Waals surface area contributed by atoms with Crippen LogP contribution < -0.4 is 5.32 Å². The summed E-state index contributed by atoms with van der Waals surface area (Å²) >= 11 is 5.07. The predicted octanol–water partition coefficient (Wildman–Crippen LogP) is 3.01. The van der Waals surface area contributed by atoms with Crippen LogP contribution in [0.2, 0.25) is 0 Å². The van der Waals surface area contributed by atoms with Crippen LogP contribution in [0.25, 0.3) is 10.6 Å². The first-order valence-electron chi connectivity index (χ1n) is 4.05. The number of rotatable bonds is 2. The number of halogens is 1. The van der Waals surface area contributed by atoms with Crippen LogP contribution in [0.4, 0.5) is 5.95 Å². The quantitative estimate of drug-likeness (QED) is 0.911. The molecule has 0 spiro atoms. The van der Waals surface area contributed by atoms with Gasteiger partial charge in [-0.3, -0.25) is 0 Å². The number of nitrogens with one attached hydrogen (secondary N) is 1. The lowest BCUT2D eigenvalue weighted by Crippen LogP contribution is -1.95. The molecule has 0 atom stereocenters. The molecule has 72 valence electrons. The van der Waals surface area contributed by atoms with Gasteiger partial charge >= 0.3 is 0 Å². The zero-order valence-corrected chi connectivity index (χ0v) is 9.89. The van der Waals surface area contributed by atoms with E-state index in [1.807, 2.05) is 24.6 Å². The zero-order chi connectivity index (χ0) is 9.97. The minimum Gasteiger partial charge on any atom is -0.357 e. The van der Waals surface area contributed by atoms with Crippen molar-refractivity contribution in [3.8, 4) is 10.6 Å². The van der Waals surface area contributed by atoms with Gasteiger partial charge in [-0.2, -0.15) is 0 Å². The minimum absolute atomic E-state index is 0.645. The topological polar surface area (TPSA) is 37.8 Å². The molecule has 0 unspecified atom stereocenters. The standard InChI is InChI=1S/C9H8BrN3S/c1-11-9-12-3-2-7(13-9)8-4-6(10)5-14-8/h2-5H,1H3,(H,11,12,13). The van der Waals surface area contributed by atoms with Gasteiger partial charge in [0.15, 0.2) is 0 Å². The molecule has 0 radical (unpaired) electrons. The number of nitrogens with zero attached hydrogens (tertiary/aromatic N) is 2. The summed E-state index contributed by atoms with van der Waals surface area (Å²) in [4.78, 5) is 9.54. The van der Waals surface area contributed by atoms with Gasteiger partial charge in [-0.05, 0) is 28.1 Å². The van der Waals surface area contributed by atoms with Gasteiger partial charge in [-0.1, -0.05) is 0 Å². The van der Waals surface area contributed by atoms with Crippen LogP contribution in [0, 0.1) is 0 Å². The highest BCUT2D eigenvalue weighted by Crippen LogP contribution is 2.28. The Hall–Kier alpha value is -0.940. The Bertz CT molecular complexity index is 441. The van der Waals surface area contributed by atoms with Crippen LogP contribution in [0.3, 0.4) is 0 Å². The molecule has 0 aliphatic carbocycles. The molecule has 0 saturated heterocycles. The summed E-state index contributed by atoms with van der Waals surface area (Å²) < 4.78 is 1.09. The lowest BCUT2D eigenvalue weighted by atomic mass is 10.3. The first-order chi connectivity index (χ1) is 6.79.